The van der Waals surface area contributed by atoms with Gasteiger partial charge in [0.2, 0.25) is 0 Å². The zero-order chi connectivity index (χ0) is 42.5. The molecule has 2 aromatic rings. The van der Waals surface area contributed by atoms with Gasteiger partial charge in [-0.2, -0.15) is 0 Å². The topological polar surface area (TPSA) is 266 Å². The van der Waals surface area contributed by atoms with Gasteiger partial charge in [-0.3, -0.25) is 0 Å². The molecule has 13 N–H and O–H groups in total. The van der Waals surface area contributed by atoms with E-state index in [-0.39, 0.29) is 58.9 Å². The molecule has 55 heavy (non-hydrogen) atoms. The molecule has 0 unspecified atom stereocenters. The first-order valence-electron chi connectivity index (χ1n) is 13.3. The normalized spacial score (nSPS) is 6.33. The summed E-state index contributed by atoms with van der Waals surface area (Å²) in [6.07, 6.45) is -0.448. The number of para-hydroxylation sites is 2. The quantitative estimate of drug-likeness (QED) is 0.101. The molecule has 17 nitrogen and oxygen atoms in total. The van der Waals surface area contributed by atoms with Gasteiger partial charge in [0.05, 0.1) is 0 Å². The summed E-state index contributed by atoms with van der Waals surface area (Å²) < 4.78 is 9.35. The number of hydrogen-bond acceptors (Lipinski definition) is 10. The predicted molar refractivity (Wildman–Crippen MR) is 285 cm³/mol. The molecule has 0 fully saturated rings. The molecule has 0 aliphatic carbocycles. The third-order valence-corrected chi connectivity index (χ3v) is 3.54. The molecule has 25 heteroatoms. The van der Waals surface area contributed by atoms with Gasteiger partial charge in [-0.1, -0.05) is 58.7 Å². The van der Waals surface area contributed by atoms with Crippen molar-refractivity contribution in [2.75, 3.05) is 70.5 Å². The first kappa shape index (κ1) is 91.0. The van der Waals surface area contributed by atoms with E-state index in [9.17, 15) is 24.0 Å². The summed E-state index contributed by atoms with van der Waals surface area (Å²) in [5.41, 5.74) is 12.7. The Labute approximate surface area is 418 Å². The zero-order valence-electron chi connectivity index (χ0n) is 30.5. The molecule has 0 bridgehead atoms. The van der Waals surface area contributed by atoms with E-state index in [4.69, 9.17) is 16.3 Å². The number of rotatable bonds is 2. The molecule has 0 aliphatic heterocycles. The van der Waals surface area contributed by atoms with Crippen molar-refractivity contribution in [3.05, 3.63) is 60.7 Å². The molecule has 7 amide bonds. The van der Waals surface area contributed by atoms with Crippen molar-refractivity contribution in [2.24, 2.45) is 17.2 Å². The fourth-order valence-corrected chi connectivity index (χ4v) is 1.69. The number of amides is 7. The van der Waals surface area contributed by atoms with Crippen LogP contribution in [0.25, 0.3) is 0 Å². The molecular weight excluding hydrogens is 1460 g/mol. The van der Waals surface area contributed by atoms with Crippen molar-refractivity contribution in [1.82, 2.24) is 37.2 Å². The Kier molecular flexibility index (Phi) is 157. The van der Waals surface area contributed by atoms with Gasteiger partial charge in [0.25, 0.3) is 0 Å². The summed E-state index contributed by atoms with van der Waals surface area (Å²) in [6, 6.07) is 17.1. The maximum absolute atomic E-state index is 10.6. The molecule has 331 valence electrons. The minimum Gasteiger partial charge on any atom is -0.415 e. The number of ether oxygens (including phenoxy) is 2. The molecule has 0 heterocycles. The van der Waals surface area contributed by atoms with Crippen LogP contribution in [0.15, 0.2) is 60.7 Å². The van der Waals surface area contributed by atoms with Crippen LogP contribution in [0.3, 0.4) is 0 Å². The summed E-state index contributed by atoms with van der Waals surface area (Å²) in [6.45, 7) is 0. The summed E-state index contributed by atoms with van der Waals surface area (Å²) in [5, 5.41) is 16.5. The summed E-state index contributed by atoms with van der Waals surface area (Å²) >= 11 is 17.7. The molecule has 0 saturated carbocycles. The minimum absolute atomic E-state index is 0. The second-order valence-electron chi connectivity index (χ2n) is 6.09. The molecule has 0 aliphatic rings. The number of halogens is 7. The van der Waals surface area contributed by atoms with Crippen LogP contribution in [0.5, 0.6) is 11.5 Å². The van der Waals surface area contributed by atoms with Gasteiger partial charge in [-0.25, -0.2) is 24.0 Å². The van der Waals surface area contributed by atoms with E-state index in [1.807, 2.05) is 12.1 Å². The number of nitrogens with two attached hydrogens (primary N) is 3. The van der Waals surface area contributed by atoms with E-state index in [0.29, 0.717) is 11.5 Å². The van der Waals surface area contributed by atoms with Crippen molar-refractivity contribution >= 4 is 153 Å². The van der Waals surface area contributed by atoms with Gasteiger partial charge >= 0.3 is 29.6 Å². The largest absolute Gasteiger partial charge is 0.415 e. The SMILES string of the molecule is C.C.C.CN.CN.CN.CNC(=O)NC.CNC(=O)NC.CNC(=O)NC.CNC(=O)Oc1ccccc1.II.II.II.O=C(Cl)Oc1ccccc1.[V]. The Bertz CT molecular complexity index is 926. The molecule has 0 saturated heterocycles. The minimum atomic E-state index is -0.814. The Morgan fingerprint density at radius 1 is 0.455 bits per heavy atom. The van der Waals surface area contributed by atoms with Crippen molar-refractivity contribution in [2.45, 2.75) is 22.3 Å². The van der Waals surface area contributed by atoms with Gasteiger partial charge in [0.15, 0.2) is 0 Å². The Morgan fingerprint density at radius 3 is 0.800 bits per heavy atom. The molecule has 2 aromatic carbocycles. The summed E-state index contributed by atoms with van der Waals surface area (Å²) in [7, 11) is 15.4. The number of hydrogen-bond donors (Lipinski definition) is 10. The Balaban J connectivity index is -0.0000000340. The van der Waals surface area contributed by atoms with E-state index in [2.05, 4.69) is 171 Å². The third kappa shape index (κ3) is 101. The van der Waals surface area contributed by atoms with Crippen molar-refractivity contribution in [3.63, 3.8) is 0 Å². The van der Waals surface area contributed by atoms with Gasteiger partial charge < -0.3 is 63.9 Å². The maximum atomic E-state index is 10.6. The average Bonchev–Trinajstić information content (AvgIpc) is 3.22. The van der Waals surface area contributed by atoms with Crippen molar-refractivity contribution in [1.29, 1.82) is 0 Å². The van der Waals surface area contributed by atoms with Crippen LogP contribution in [0, 0.1) is 0 Å². The molecule has 1 radical (unpaired) electrons. The van der Waals surface area contributed by atoms with E-state index in [1.165, 1.54) is 28.2 Å². The van der Waals surface area contributed by atoms with Gasteiger partial charge in [0, 0.05) is 191 Å². The van der Waals surface area contributed by atoms with Crippen LogP contribution in [-0.2, 0) is 18.6 Å². The van der Waals surface area contributed by atoms with Gasteiger partial charge in [-0.15, -0.1) is 0 Å². The van der Waals surface area contributed by atoms with Crippen LogP contribution in [-0.4, -0.2) is 100 Å². The third-order valence-electron chi connectivity index (χ3n) is 3.46. The monoisotopic (exact) mass is 1520 g/mol. The number of carbonyl (C=O) groups is 5. The van der Waals surface area contributed by atoms with E-state index in [1.54, 1.807) is 90.8 Å². The van der Waals surface area contributed by atoms with Gasteiger partial charge in [0.1, 0.15) is 11.5 Å². The summed E-state index contributed by atoms with van der Waals surface area (Å²) in [4.78, 5) is 50.7. The Morgan fingerprint density at radius 2 is 0.655 bits per heavy atom. The molecular formula is C30H65ClI6N10O7V. The first-order chi connectivity index (χ1) is 24.5. The number of nitrogens with one attached hydrogen (secondary N) is 7. The maximum Gasteiger partial charge on any atom is 0.412 e. The predicted octanol–water partition coefficient (Wildman–Crippen LogP) is 8.41. The van der Waals surface area contributed by atoms with Crippen LogP contribution >= 0.6 is 123 Å². The first-order valence-corrected chi connectivity index (χ1v) is 32.5. The summed E-state index contributed by atoms with van der Waals surface area (Å²) in [5.74, 6) is 1.01. The van der Waals surface area contributed by atoms with E-state index >= 15 is 0 Å². The van der Waals surface area contributed by atoms with E-state index in [0.717, 1.165) is 0 Å². The average molecular weight is 1530 g/mol. The smallest absolute Gasteiger partial charge is 0.412 e. The second-order valence-corrected chi connectivity index (χ2v) is 6.40. The van der Waals surface area contributed by atoms with Crippen LogP contribution in [0.1, 0.15) is 22.3 Å². The number of urea groups is 3. The second kappa shape index (κ2) is 94.9. The van der Waals surface area contributed by atoms with Crippen LogP contribution in [0.4, 0.5) is 24.0 Å². The molecule has 0 atom stereocenters. The fraction of sp³-hybridized carbons (Fsp3) is 0.433. The van der Waals surface area contributed by atoms with Crippen molar-refractivity contribution in [3.8, 4) is 11.5 Å². The van der Waals surface area contributed by atoms with Gasteiger partial charge in [-0.05, 0) is 45.4 Å². The number of benzene rings is 2. The number of carbonyl (C=O) groups excluding carboxylic acids is 5. The van der Waals surface area contributed by atoms with Crippen LogP contribution in [0.2, 0.25) is 0 Å². The molecule has 0 spiro atoms. The Hall–Kier alpha value is 0.124. The fourth-order valence-electron chi connectivity index (χ4n) is 1.60. The standard InChI is InChI=1S/C8H9NO2.C7H5ClO2.3C3H8N2O.3CH5N.3CH4.3I2.V/c1-9-8(10)11-7-5-3-2-4-6-7;8-7(9)10-6-4-2-1-3-5-6;3*1-4-3(6)5-2;3*1-2;;;;3*1-2;/h2-6H,1H3,(H,9,10);1-5H;3*1-2H3,(H2,4,5,6);3*2H2,1H3;3*1H4;;;;. The zero-order valence-corrected chi connectivity index (χ0v) is 45.6. The van der Waals surface area contributed by atoms with E-state index < -0.39 is 11.5 Å². The van der Waals surface area contributed by atoms with Crippen LogP contribution < -0.4 is 63.9 Å². The van der Waals surface area contributed by atoms with Crippen molar-refractivity contribution < 1.29 is 52.0 Å². The molecule has 2 rings (SSSR count). The molecule has 0 aromatic heterocycles.